The zero-order valence-corrected chi connectivity index (χ0v) is 13.9. The van der Waals surface area contributed by atoms with Gasteiger partial charge in [0, 0.05) is 24.3 Å². The van der Waals surface area contributed by atoms with E-state index in [4.69, 9.17) is 10.1 Å². The first-order valence-corrected chi connectivity index (χ1v) is 8.83. The van der Waals surface area contributed by atoms with E-state index in [-0.39, 0.29) is 0 Å². The van der Waals surface area contributed by atoms with Crippen LogP contribution >= 0.6 is 11.3 Å². The van der Waals surface area contributed by atoms with E-state index >= 15 is 0 Å². The van der Waals surface area contributed by atoms with Gasteiger partial charge in [-0.3, -0.25) is 4.79 Å². The Balaban J connectivity index is 1.81. The van der Waals surface area contributed by atoms with E-state index < -0.39 is 5.97 Å². The molecule has 0 bridgehead atoms. The fourth-order valence-corrected chi connectivity index (χ4v) is 3.93. The van der Waals surface area contributed by atoms with Crippen LogP contribution < -0.4 is 0 Å². The molecule has 1 N–H and O–H groups in total. The topological polar surface area (TPSA) is 53.4 Å². The minimum Gasteiger partial charge on any atom is -0.481 e. The second kappa shape index (κ2) is 7.90. The van der Waals surface area contributed by atoms with Crippen LogP contribution in [0.4, 0.5) is 0 Å². The predicted octanol–water partition coefficient (Wildman–Crippen LogP) is 3.70. The fourth-order valence-electron chi connectivity index (χ4n) is 2.83. The van der Waals surface area contributed by atoms with Crippen LogP contribution in [0, 0.1) is 0 Å². The highest BCUT2D eigenvalue weighted by Crippen LogP contribution is 2.30. The van der Waals surface area contributed by atoms with Gasteiger partial charge >= 0.3 is 5.97 Å². The predicted molar refractivity (Wildman–Crippen MR) is 86.1 cm³/mol. The SMILES string of the molecule is CC(C)c1csc(C2CCCN(CCCCC(=O)O)C2)n1. The molecule has 1 atom stereocenters. The Morgan fingerprint density at radius 1 is 1.52 bits per heavy atom. The molecule has 0 saturated carbocycles. The van der Waals surface area contributed by atoms with Gasteiger partial charge in [0.15, 0.2) is 0 Å². The molecule has 1 fully saturated rings. The summed E-state index contributed by atoms with van der Waals surface area (Å²) in [6, 6.07) is 0. The van der Waals surface area contributed by atoms with Gasteiger partial charge in [0.05, 0.1) is 10.7 Å². The van der Waals surface area contributed by atoms with E-state index in [1.807, 2.05) is 0 Å². The van der Waals surface area contributed by atoms with Gasteiger partial charge in [0.25, 0.3) is 0 Å². The maximum atomic E-state index is 10.5. The fraction of sp³-hybridized carbons (Fsp3) is 0.750. The molecule has 118 valence electrons. The van der Waals surface area contributed by atoms with Crippen LogP contribution in [-0.4, -0.2) is 40.6 Å². The number of aromatic nitrogens is 1. The number of piperidine rings is 1. The number of hydrogen-bond acceptors (Lipinski definition) is 4. The molecule has 5 heteroatoms. The minimum absolute atomic E-state index is 0.293. The number of carbonyl (C=O) groups is 1. The molecule has 0 amide bonds. The van der Waals surface area contributed by atoms with Crippen molar-refractivity contribution in [3.63, 3.8) is 0 Å². The Kier molecular flexibility index (Phi) is 6.18. The lowest BCUT2D eigenvalue weighted by atomic mass is 9.98. The Bertz CT molecular complexity index is 459. The van der Waals surface area contributed by atoms with E-state index in [1.165, 1.54) is 23.5 Å². The van der Waals surface area contributed by atoms with Gasteiger partial charge in [-0.25, -0.2) is 4.98 Å². The number of aliphatic carboxylic acids is 1. The van der Waals surface area contributed by atoms with Crippen molar-refractivity contribution in [3.8, 4) is 0 Å². The van der Waals surface area contributed by atoms with Crippen LogP contribution in [0.2, 0.25) is 0 Å². The normalized spacial score (nSPS) is 20.0. The molecule has 0 aliphatic carbocycles. The van der Waals surface area contributed by atoms with Crippen LogP contribution in [0.1, 0.15) is 68.5 Å². The van der Waals surface area contributed by atoms with E-state index in [9.17, 15) is 4.79 Å². The molecule has 1 aliphatic rings. The first-order chi connectivity index (χ1) is 10.1. The summed E-state index contributed by atoms with van der Waals surface area (Å²) < 4.78 is 0. The lowest BCUT2D eigenvalue weighted by Gasteiger charge is -2.31. The Hall–Kier alpha value is -0.940. The molecule has 1 aromatic rings. The number of carboxylic acids is 1. The monoisotopic (exact) mass is 310 g/mol. The van der Waals surface area contributed by atoms with E-state index in [0.29, 0.717) is 18.3 Å². The number of likely N-dealkylation sites (tertiary alicyclic amines) is 1. The van der Waals surface area contributed by atoms with E-state index in [2.05, 4.69) is 24.1 Å². The minimum atomic E-state index is -0.685. The van der Waals surface area contributed by atoms with Gasteiger partial charge < -0.3 is 10.0 Å². The molecule has 0 radical (unpaired) electrons. The molecule has 0 aromatic carbocycles. The Morgan fingerprint density at radius 3 is 3.00 bits per heavy atom. The highest BCUT2D eigenvalue weighted by molar-refractivity contribution is 7.09. The molecular weight excluding hydrogens is 284 g/mol. The molecule has 2 rings (SSSR count). The smallest absolute Gasteiger partial charge is 0.303 e. The molecule has 21 heavy (non-hydrogen) atoms. The van der Waals surface area contributed by atoms with Gasteiger partial charge in [-0.2, -0.15) is 0 Å². The summed E-state index contributed by atoms with van der Waals surface area (Å²) in [5.41, 5.74) is 1.22. The lowest BCUT2D eigenvalue weighted by molar-refractivity contribution is -0.137. The second-order valence-electron chi connectivity index (χ2n) is 6.26. The molecule has 1 unspecified atom stereocenters. The van der Waals surface area contributed by atoms with E-state index in [0.717, 1.165) is 32.5 Å². The molecule has 0 spiro atoms. The summed E-state index contributed by atoms with van der Waals surface area (Å²) in [5, 5.41) is 12.2. The van der Waals surface area contributed by atoms with Crippen molar-refractivity contribution in [2.75, 3.05) is 19.6 Å². The van der Waals surface area contributed by atoms with Crippen LogP contribution in [-0.2, 0) is 4.79 Å². The number of hydrogen-bond donors (Lipinski definition) is 1. The molecule has 2 heterocycles. The number of unbranched alkanes of at least 4 members (excludes halogenated alkanes) is 1. The number of carboxylic acid groups (broad SMARTS) is 1. The summed E-state index contributed by atoms with van der Waals surface area (Å²) in [6.07, 6.45) is 4.51. The van der Waals surface area contributed by atoms with Crippen LogP contribution in [0.15, 0.2) is 5.38 Å². The zero-order chi connectivity index (χ0) is 15.2. The first-order valence-electron chi connectivity index (χ1n) is 7.95. The van der Waals surface area contributed by atoms with Gasteiger partial charge in [0.2, 0.25) is 0 Å². The summed E-state index contributed by atoms with van der Waals surface area (Å²) in [4.78, 5) is 17.8. The summed E-state index contributed by atoms with van der Waals surface area (Å²) in [6.45, 7) is 7.62. The average molecular weight is 310 g/mol. The van der Waals surface area contributed by atoms with Crippen molar-refractivity contribution in [3.05, 3.63) is 16.1 Å². The van der Waals surface area contributed by atoms with Gasteiger partial charge in [-0.1, -0.05) is 13.8 Å². The number of rotatable bonds is 7. The molecule has 4 nitrogen and oxygen atoms in total. The molecule has 1 saturated heterocycles. The van der Waals surface area contributed by atoms with Crippen LogP contribution in [0.3, 0.4) is 0 Å². The van der Waals surface area contributed by atoms with Crippen molar-refractivity contribution in [2.24, 2.45) is 0 Å². The molecule has 1 aromatic heterocycles. The third-order valence-corrected chi connectivity index (χ3v) is 5.13. The molecule has 1 aliphatic heterocycles. The first kappa shape index (κ1) is 16.4. The summed E-state index contributed by atoms with van der Waals surface area (Å²) in [7, 11) is 0. The van der Waals surface area contributed by atoms with Crippen LogP contribution in [0.25, 0.3) is 0 Å². The van der Waals surface area contributed by atoms with Crippen molar-refractivity contribution in [1.82, 2.24) is 9.88 Å². The molecular formula is C16H26N2O2S. The summed E-state index contributed by atoms with van der Waals surface area (Å²) in [5.74, 6) is 0.386. The highest BCUT2D eigenvalue weighted by atomic mass is 32.1. The average Bonchev–Trinajstić information content (AvgIpc) is 2.94. The number of nitrogens with zero attached hydrogens (tertiary/aromatic N) is 2. The standard InChI is InChI=1S/C16H26N2O2S/c1-12(2)14-11-21-16(17-14)13-6-5-9-18(10-13)8-4-3-7-15(19)20/h11-13H,3-10H2,1-2H3,(H,19,20). The Morgan fingerprint density at radius 2 is 2.33 bits per heavy atom. The van der Waals surface area contributed by atoms with Gasteiger partial charge in [0.1, 0.15) is 0 Å². The largest absolute Gasteiger partial charge is 0.481 e. The van der Waals surface area contributed by atoms with Gasteiger partial charge in [-0.15, -0.1) is 11.3 Å². The third-order valence-electron chi connectivity index (χ3n) is 4.10. The van der Waals surface area contributed by atoms with Crippen LogP contribution in [0.5, 0.6) is 0 Å². The third kappa shape index (κ3) is 5.08. The van der Waals surface area contributed by atoms with Crippen molar-refractivity contribution in [1.29, 1.82) is 0 Å². The second-order valence-corrected chi connectivity index (χ2v) is 7.15. The number of thiazole rings is 1. The van der Waals surface area contributed by atoms with Crippen molar-refractivity contribution in [2.45, 2.75) is 57.8 Å². The highest BCUT2D eigenvalue weighted by Gasteiger charge is 2.23. The maximum absolute atomic E-state index is 10.5. The van der Waals surface area contributed by atoms with Gasteiger partial charge in [-0.05, 0) is 44.7 Å². The zero-order valence-electron chi connectivity index (χ0n) is 13.0. The van der Waals surface area contributed by atoms with Crippen molar-refractivity contribution < 1.29 is 9.90 Å². The van der Waals surface area contributed by atoms with Crippen molar-refractivity contribution >= 4 is 17.3 Å². The lowest BCUT2D eigenvalue weighted by Crippen LogP contribution is -2.35. The quantitative estimate of drug-likeness (QED) is 0.780. The summed E-state index contributed by atoms with van der Waals surface area (Å²) >= 11 is 1.80. The van der Waals surface area contributed by atoms with E-state index in [1.54, 1.807) is 11.3 Å². The maximum Gasteiger partial charge on any atom is 0.303 e. The Labute approximate surface area is 131 Å².